The number of rotatable bonds is 7. The van der Waals surface area contributed by atoms with Gasteiger partial charge in [0.15, 0.2) is 5.66 Å². The predicted octanol–water partition coefficient (Wildman–Crippen LogP) is 4.79. The third-order valence-electron chi connectivity index (χ3n) is 6.78. The fourth-order valence-corrected chi connectivity index (χ4v) is 10.2. The van der Waals surface area contributed by atoms with E-state index in [-0.39, 0.29) is 11.6 Å². The third-order valence-corrected chi connectivity index (χ3v) is 11.5. The number of nitrogens with zero attached hydrogens (tertiary/aromatic N) is 1. The van der Waals surface area contributed by atoms with Gasteiger partial charge in [0, 0.05) is 25.1 Å². The monoisotopic (exact) mass is 466 g/mol. The van der Waals surface area contributed by atoms with Crippen LogP contribution in [0.15, 0.2) is 115 Å². The highest BCUT2D eigenvalue weighted by Gasteiger charge is 2.58. The first-order valence-corrected chi connectivity index (χ1v) is 13.6. The summed E-state index contributed by atoms with van der Waals surface area (Å²) in [5.41, 5.74) is 0.941. The van der Waals surface area contributed by atoms with Gasteiger partial charge in [0.25, 0.3) is 5.91 Å². The van der Waals surface area contributed by atoms with E-state index in [9.17, 15) is 4.79 Å². The van der Waals surface area contributed by atoms with Crippen LogP contribution in [0.3, 0.4) is 0 Å². The second-order valence-corrected chi connectivity index (χ2v) is 12.2. The van der Waals surface area contributed by atoms with Crippen LogP contribution in [0.2, 0.25) is 0 Å². The highest BCUT2D eigenvalue weighted by atomic mass is 31.2. The minimum absolute atomic E-state index is 0.102. The van der Waals surface area contributed by atoms with E-state index in [2.05, 4.69) is 91.0 Å². The number of methoxy groups -OCH3 is 1. The van der Waals surface area contributed by atoms with E-state index in [1.807, 2.05) is 29.2 Å². The summed E-state index contributed by atoms with van der Waals surface area (Å²) in [6.07, 6.45) is 0.834. The quantitative estimate of drug-likeness (QED) is 0.367. The molecule has 170 valence electrons. The zero-order chi connectivity index (χ0) is 23.4. The average Bonchev–Trinajstić information content (AvgIpc) is 3.27. The van der Waals surface area contributed by atoms with Crippen molar-refractivity contribution >= 4 is 29.1 Å². The molecule has 4 heteroatoms. The maximum absolute atomic E-state index is 14.2. The Balaban J connectivity index is 1.64. The molecule has 1 unspecified atom stereocenters. The Morgan fingerprint density at radius 3 is 1.71 bits per heavy atom. The molecular formula is C30H29NO2P+. The number of hydrogen-bond donors (Lipinski definition) is 0. The molecule has 4 aromatic rings. The zero-order valence-electron chi connectivity index (χ0n) is 19.4. The Morgan fingerprint density at radius 2 is 1.21 bits per heavy atom. The van der Waals surface area contributed by atoms with Gasteiger partial charge in [-0.1, -0.05) is 72.8 Å². The molecule has 1 amide bonds. The van der Waals surface area contributed by atoms with Gasteiger partial charge >= 0.3 is 0 Å². The molecule has 0 radical (unpaired) electrons. The van der Waals surface area contributed by atoms with Crippen molar-refractivity contribution in [3.05, 3.63) is 121 Å². The second-order valence-electron chi connectivity index (χ2n) is 8.61. The molecule has 0 bridgehead atoms. The Labute approximate surface area is 202 Å². The number of hydrogen-bond acceptors (Lipinski definition) is 2. The molecule has 3 nitrogen and oxygen atoms in total. The van der Waals surface area contributed by atoms with Gasteiger partial charge in [0.2, 0.25) is 0 Å². The summed E-state index contributed by atoms with van der Waals surface area (Å²) in [4.78, 5) is 16.2. The van der Waals surface area contributed by atoms with Crippen LogP contribution in [0.4, 0.5) is 0 Å². The lowest BCUT2D eigenvalue weighted by atomic mass is 10.2. The van der Waals surface area contributed by atoms with E-state index in [0.717, 1.165) is 24.3 Å². The number of ether oxygens (including phenoxy) is 1. The average molecular weight is 467 g/mol. The van der Waals surface area contributed by atoms with E-state index >= 15 is 0 Å². The highest BCUT2D eigenvalue weighted by Crippen LogP contribution is 2.62. The van der Waals surface area contributed by atoms with Crippen LogP contribution in [0.1, 0.15) is 12.0 Å². The minimum atomic E-state index is -2.24. The molecule has 34 heavy (non-hydrogen) atoms. The molecule has 1 saturated heterocycles. The summed E-state index contributed by atoms with van der Waals surface area (Å²) >= 11 is 0. The van der Waals surface area contributed by atoms with Gasteiger partial charge in [0.05, 0.1) is 7.11 Å². The SMILES string of the molecule is COc1ccccc1CN1CCC([P+](c2ccccc2)(c2ccccc2)c2ccccc2)C1=O. The van der Waals surface area contributed by atoms with Crippen molar-refractivity contribution in [3.63, 3.8) is 0 Å². The Kier molecular flexibility index (Phi) is 6.47. The van der Waals surface area contributed by atoms with Crippen molar-refractivity contribution in [2.45, 2.75) is 18.6 Å². The lowest BCUT2D eigenvalue weighted by Gasteiger charge is -2.32. The molecule has 0 N–H and O–H groups in total. The van der Waals surface area contributed by atoms with Crippen LogP contribution < -0.4 is 20.7 Å². The van der Waals surface area contributed by atoms with Gasteiger partial charge in [-0.15, -0.1) is 0 Å². The van der Waals surface area contributed by atoms with Crippen LogP contribution in [-0.2, 0) is 11.3 Å². The van der Waals surface area contributed by atoms with Crippen LogP contribution in [0.5, 0.6) is 5.75 Å². The van der Waals surface area contributed by atoms with Crippen molar-refractivity contribution in [3.8, 4) is 5.75 Å². The molecular weight excluding hydrogens is 437 g/mol. The van der Waals surface area contributed by atoms with E-state index in [1.54, 1.807) is 7.11 Å². The first kappa shape index (κ1) is 22.4. The first-order chi connectivity index (χ1) is 16.7. The molecule has 1 aliphatic rings. The van der Waals surface area contributed by atoms with Gasteiger partial charge in [-0.25, -0.2) is 0 Å². The van der Waals surface area contributed by atoms with Gasteiger partial charge in [-0.3, -0.25) is 4.79 Å². The van der Waals surface area contributed by atoms with E-state index in [0.29, 0.717) is 6.54 Å². The van der Waals surface area contributed by atoms with Gasteiger partial charge in [0.1, 0.15) is 28.9 Å². The van der Waals surface area contributed by atoms with E-state index < -0.39 is 7.26 Å². The maximum Gasteiger partial charge on any atom is 0.264 e. The van der Waals surface area contributed by atoms with E-state index in [1.165, 1.54) is 15.9 Å². The Morgan fingerprint density at radius 1 is 0.735 bits per heavy atom. The van der Waals surface area contributed by atoms with Crippen LogP contribution in [0.25, 0.3) is 0 Å². The number of carbonyl (C=O) groups is 1. The third kappa shape index (κ3) is 3.91. The van der Waals surface area contributed by atoms with Crippen molar-refractivity contribution < 1.29 is 9.53 Å². The van der Waals surface area contributed by atoms with Crippen LogP contribution >= 0.6 is 7.26 Å². The molecule has 0 aromatic heterocycles. The van der Waals surface area contributed by atoms with Crippen molar-refractivity contribution in [2.75, 3.05) is 13.7 Å². The maximum atomic E-state index is 14.2. The van der Waals surface area contributed by atoms with E-state index in [4.69, 9.17) is 4.74 Å². The summed E-state index contributed by atoms with van der Waals surface area (Å²) < 4.78 is 5.56. The number of carbonyl (C=O) groups excluding carboxylic acids is 1. The predicted molar refractivity (Wildman–Crippen MR) is 142 cm³/mol. The van der Waals surface area contributed by atoms with Crippen molar-refractivity contribution in [1.29, 1.82) is 0 Å². The molecule has 1 heterocycles. The highest BCUT2D eigenvalue weighted by molar-refractivity contribution is 7.96. The van der Waals surface area contributed by atoms with Crippen molar-refractivity contribution in [2.24, 2.45) is 0 Å². The molecule has 4 aromatic carbocycles. The molecule has 0 aliphatic carbocycles. The summed E-state index contributed by atoms with van der Waals surface area (Å²) in [5.74, 6) is 1.06. The largest absolute Gasteiger partial charge is 0.496 e. The van der Waals surface area contributed by atoms with Crippen molar-refractivity contribution in [1.82, 2.24) is 4.90 Å². The summed E-state index contributed by atoms with van der Waals surface area (Å²) in [6, 6.07) is 40.0. The summed E-state index contributed by atoms with van der Waals surface area (Å²) in [5, 5.41) is 3.76. The molecule has 1 aliphatic heterocycles. The fraction of sp³-hybridized carbons (Fsp3) is 0.167. The molecule has 1 atom stereocenters. The normalized spacial score (nSPS) is 16.0. The molecule has 5 rings (SSSR count). The molecule has 0 saturated carbocycles. The number of benzene rings is 4. The van der Waals surface area contributed by atoms with Gasteiger partial charge in [-0.05, 0) is 42.5 Å². The Bertz CT molecular complexity index is 1150. The number of para-hydroxylation sites is 1. The summed E-state index contributed by atoms with van der Waals surface area (Å²) in [6.45, 7) is 1.31. The zero-order valence-corrected chi connectivity index (χ0v) is 20.3. The lowest BCUT2D eigenvalue weighted by molar-refractivity contribution is -0.127. The van der Waals surface area contributed by atoms with Gasteiger partial charge < -0.3 is 9.64 Å². The smallest absolute Gasteiger partial charge is 0.264 e. The number of likely N-dealkylation sites (tertiary alicyclic amines) is 1. The fourth-order valence-electron chi connectivity index (χ4n) is 5.25. The molecule has 1 fully saturated rings. The minimum Gasteiger partial charge on any atom is -0.496 e. The lowest BCUT2D eigenvalue weighted by Crippen LogP contribution is -2.42. The standard InChI is InChI=1S/C30H29NO2P/c1-33-28-20-12-11-13-24(28)23-31-22-21-29(30(31)32)34(25-14-5-2-6-15-25,26-16-7-3-8-17-26)27-18-9-4-10-19-27/h2-20,29H,21-23H2,1H3/q+1. The molecule has 0 spiro atoms. The second kappa shape index (κ2) is 9.83. The van der Waals surface area contributed by atoms with Crippen LogP contribution in [0, 0.1) is 0 Å². The summed E-state index contributed by atoms with van der Waals surface area (Å²) in [7, 11) is -0.556. The first-order valence-electron chi connectivity index (χ1n) is 11.7. The van der Waals surface area contributed by atoms with Gasteiger partial charge in [-0.2, -0.15) is 0 Å². The topological polar surface area (TPSA) is 29.5 Å². The van der Waals surface area contributed by atoms with Crippen LogP contribution in [-0.4, -0.2) is 30.1 Å². The Hall–Kier alpha value is -3.42. The number of amides is 1.